The predicted molar refractivity (Wildman–Crippen MR) is 82.9 cm³/mol. The summed E-state index contributed by atoms with van der Waals surface area (Å²) in [4.78, 5) is 14.1. The fourth-order valence-electron chi connectivity index (χ4n) is 2.73. The Balaban J connectivity index is 1.70. The molecule has 0 radical (unpaired) electrons. The number of rotatable bonds is 6. The summed E-state index contributed by atoms with van der Waals surface area (Å²) < 4.78 is 5.22. The van der Waals surface area contributed by atoms with E-state index in [1.165, 1.54) is 12.8 Å². The Morgan fingerprint density at radius 2 is 2.14 bits per heavy atom. The van der Waals surface area contributed by atoms with Gasteiger partial charge in [0, 0.05) is 25.7 Å². The first kappa shape index (κ1) is 15.8. The van der Waals surface area contributed by atoms with E-state index in [2.05, 4.69) is 10.2 Å². The molecule has 1 aliphatic rings. The molecule has 116 valence electrons. The summed E-state index contributed by atoms with van der Waals surface area (Å²) >= 11 is 0. The third-order valence-corrected chi connectivity index (χ3v) is 3.86. The third-order valence-electron chi connectivity index (χ3n) is 3.86. The molecular weight excluding hydrogens is 266 g/mol. The zero-order chi connectivity index (χ0) is 14.9. The molecule has 1 heterocycles. The summed E-state index contributed by atoms with van der Waals surface area (Å²) in [6.45, 7) is 3.57. The maximum Gasteiger partial charge on any atom is 0.407 e. The SMILES string of the molecule is NCCN1CCCCC1CNC(=O)OCc1ccccc1. The smallest absolute Gasteiger partial charge is 0.407 e. The monoisotopic (exact) mass is 291 g/mol. The van der Waals surface area contributed by atoms with E-state index in [0.29, 0.717) is 25.7 Å². The number of nitrogens with one attached hydrogen (secondary N) is 1. The van der Waals surface area contributed by atoms with Crippen molar-refractivity contribution in [3.8, 4) is 0 Å². The molecule has 1 aromatic rings. The van der Waals surface area contributed by atoms with Crippen molar-refractivity contribution in [3.05, 3.63) is 35.9 Å². The number of benzene rings is 1. The van der Waals surface area contributed by atoms with Crippen LogP contribution in [-0.4, -0.2) is 43.2 Å². The van der Waals surface area contributed by atoms with Crippen LogP contribution in [0, 0.1) is 0 Å². The minimum absolute atomic E-state index is 0.309. The molecule has 0 saturated carbocycles. The van der Waals surface area contributed by atoms with Crippen LogP contribution in [0.25, 0.3) is 0 Å². The van der Waals surface area contributed by atoms with Crippen LogP contribution < -0.4 is 11.1 Å². The lowest BCUT2D eigenvalue weighted by Crippen LogP contribution is -2.48. The number of ether oxygens (including phenoxy) is 1. The number of piperidine rings is 1. The first-order chi connectivity index (χ1) is 10.3. The molecule has 0 bridgehead atoms. The van der Waals surface area contributed by atoms with Gasteiger partial charge in [0.1, 0.15) is 6.61 Å². The van der Waals surface area contributed by atoms with Gasteiger partial charge in [0.2, 0.25) is 0 Å². The van der Waals surface area contributed by atoms with Crippen LogP contribution in [-0.2, 0) is 11.3 Å². The van der Waals surface area contributed by atoms with Crippen LogP contribution in [0.15, 0.2) is 30.3 Å². The largest absolute Gasteiger partial charge is 0.445 e. The van der Waals surface area contributed by atoms with Gasteiger partial charge in [-0.3, -0.25) is 4.90 Å². The molecule has 1 amide bonds. The lowest BCUT2D eigenvalue weighted by Gasteiger charge is -2.35. The molecule has 1 atom stereocenters. The van der Waals surface area contributed by atoms with Crippen LogP contribution in [0.3, 0.4) is 0 Å². The van der Waals surface area contributed by atoms with Crippen molar-refractivity contribution in [1.82, 2.24) is 10.2 Å². The maximum absolute atomic E-state index is 11.7. The Morgan fingerprint density at radius 1 is 1.33 bits per heavy atom. The number of hydrogen-bond donors (Lipinski definition) is 2. The van der Waals surface area contributed by atoms with E-state index in [-0.39, 0.29) is 6.09 Å². The number of carbonyl (C=O) groups excluding carboxylic acids is 1. The van der Waals surface area contributed by atoms with Gasteiger partial charge in [-0.25, -0.2) is 4.79 Å². The second-order valence-corrected chi connectivity index (χ2v) is 5.42. The molecule has 1 aliphatic heterocycles. The molecule has 1 aromatic carbocycles. The van der Waals surface area contributed by atoms with Crippen molar-refractivity contribution in [2.75, 3.05) is 26.2 Å². The van der Waals surface area contributed by atoms with Crippen LogP contribution in [0.4, 0.5) is 4.79 Å². The van der Waals surface area contributed by atoms with Gasteiger partial charge in [-0.15, -0.1) is 0 Å². The fourth-order valence-corrected chi connectivity index (χ4v) is 2.73. The van der Waals surface area contributed by atoms with Crippen molar-refractivity contribution in [2.45, 2.75) is 31.9 Å². The van der Waals surface area contributed by atoms with E-state index in [1.807, 2.05) is 30.3 Å². The lowest BCUT2D eigenvalue weighted by atomic mass is 10.0. The highest BCUT2D eigenvalue weighted by Gasteiger charge is 2.22. The second kappa shape index (κ2) is 8.64. The Hall–Kier alpha value is -1.59. The molecule has 5 nitrogen and oxygen atoms in total. The Morgan fingerprint density at radius 3 is 2.90 bits per heavy atom. The zero-order valence-corrected chi connectivity index (χ0v) is 12.5. The van der Waals surface area contributed by atoms with Crippen molar-refractivity contribution in [1.29, 1.82) is 0 Å². The lowest BCUT2D eigenvalue weighted by molar-refractivity contribution is 0.122. The number of nitrogens with two attached hydrogens (primary N) is 1. The molecule has 0 aliphatic carbocycles. The average molecular weight is 291 g/mol. The zero-order valence-electron chi connectivity index (χ0n) is 12.5. The van der Waals surface area contributed by atoms with Gasteiger partial charge in [-0.1, -0.05) is 36.8 Å². The highest BCUT2D eigenvalue weighted by Crippen LogP contribution is 2.15. The van der Waals surface area contributed by atoms with E-state index in [1.54, 1.807) is 0 Å². The standard InChI is InChI=1S/C16H25N3O2/c17-9-11-19-10-5-4-8-15(19)12-18-16(20)21-13-14-6-2-1-3-7-14/h1-3,6-7,15H,4-5,8-13,17H2,(H,18,20). The van der Waals surface area contributed by atoms with Crippen molar-refractivity contribution < 1.29 is 9.53 Å². The Bertz CT molecular complexity index is 423. The fraction of sp³-hybridized carbons (Fsp3) is 0.562. The molecular formula is C16H25N3O2. The summed E-state index contributed by atoms with van der Waals surface area (Å²) in [6, 6.07) is 10.1. The van der Waals surface area contributed by atoms with Crippen LogP contribution >= 0.6 is 0 Å². The van der Waals surface area contributed by atoms with Gasteiger partial charge in [-0.05, 0) is 24.9 Å². The summed E-state index contributed by atoms with van der Waals surface area (Å²) in [5.41, 5.74) is 6.63. The van der Waals surface area contributed by atoms with Crippen LogP contribution in [0.5, 0.6) is 0 Å². The topological polar surface area (TPSA) is 67.6 Å². The number of hydrogen-bond acceptors (Lipinski definition) is 4. The minimum atomic E-state index is -0.350. The molecule has 0 spiro atoms. The van der Waals surface area contributed by atoms with Gasteiger partial charge in [0.15, 0.2) is 0 Å². The van der Waals surface area contributed by atoms with Gasteiger partial charge < -0.3 is 15.8 Å². The summed E-state index contributed by atoms with van der Waals surface area (Å²) in [5, 5.41) is 2.87. The molecule has 1 fully saturated rings. The minimum Gasteiger partial charge on any atom is -0.445 e. The van der Waals surface area contributed by atoms with E-state index in [4.69, 9.17) is 10.5 Å². The first-order valence-electron chi connectivity index (χ1n) is 7.68. The van der Waals surface area contributed by atoms with Gasteiger partial charge in [0.25, 0.3) is 0 Å². The summed E-state index contributed by atoms with van der Waals surface area (Å²) in [7, 11) is 0. The highest BCUT2D eigenvalue weighted by atomic mass is 16.5. The highest BCUT2D eigenvalue weighted by molar-refractivity contribution is 5.67. The quantitative estimate of drug-likeness (QED) is 0.837. The predicted octanol–water partition coefficient (Wildman–Crippen LogP) is 1.73. The Kier molecular flexibility index (Phi) is 6.50. The number of amides is 1. The summed E-state index contributed by atoms with van der Waals surface area (Å²) in [6.07, 6.45) is 3.19. The maximum atomic E-state index is 11.7. The molecule has 0 aromatic heterocycles. The molecule has 1 unspecified atom stereocenters. The van der Waals surface area contributed by atoms with E-state index in [0.717, 1.165) is 25.1 Å². The normalized spacial score (nSPS) is 19.2. The Labute approximate surface area is 126 Å². The molecule has 2 rings (SSSR count). The third kappa shape index (κ3) is 5.36. The molecule has 21 heavy (non-hydrogen) atoms. The van der Waals surface area contributed by atoms with E-state index < -0.39 is 0 Å². The molecule has 5 heteroatoms. The number of carbonyl (C=O) groups is 1. The van der Waals surface area contributed by atoms with E-state index >= 15 is 0 Å². The molecule has 1 saturated heterocycles. The number of likely N-dealkylation sites (tertiary alicyclic amines) is 1. The van der Waals surface area contributed by atoms with Crippen LogP contribution in [0.2, 0.25) is 0 Å². The van der Waals surface area contributed by atoms with Crippen molar-refractivity contribution in [2.24, 2.45) is 5.73 Å². The van der Waals surface area contributed by atoms with Crippen LogP contribution in [0.1, 0.15) is 24.8 Å². The average Bonchev–Trinajstić information content (AvgIpc) is 2.53. The van der Waals surface area contributed by atoms with Crippen molar-refractivity contribution in [3.63, 3.8) is 0 Å². The van der Waals surface area contributed by atoms with Gasteiger partial charge in [0.05, 0.1) is 0 Å². The first-order valence-corrected chi connectivity index (χ1v) is 7.68. The van der Waals surface area contributed by atoms with Crippen molar-refractivity contribution >= 4 is 6.09 Å². The number of alkyl carbamates (subject to hydrolysis) is 1. The summed E-state index contributed by atoms with van der Waals surface area (Å²) in [5.74, 6) is 0. The van der Waals surface area contributed by atoms with Gasteiger partial charge in [-0.2, -0.15) is 0 Å². The van der Waals surface area contributed by atoms with E-state index in [9.17, 15) is 4.79 Å². The second-order valence-electron chi connectivity index (χ2n) is 5.42. The number of nitrogens with zero attached hydrogens (tertiary/aromatic N) is 1. The molecule has 3 N–H and O–H groups in total. The van der Waals surface area contributed by atoms with Gasteiger partial charge >= 0.3 is 6.09 Å².